The van der Waals surface area contributed by atoms with E-state index in [1.54, 1.807) is 6.07 Å². The van der Waals surface area contributed by atoms with Crippen LogP contribution in [0, 0.1) is 12.7 Å². The summed E-state index contributed by atoms with van der Waals surface area (Å²) in [5, 5.41) is 3.50. The summed E-state index contributed by atoms with van der Waals surface area (Å²) in [6.07, 6.45) is 0.751. The molecule has 0 spiro atoms. The van der Waals surface area contributed by atoms with E-state index in [0.29, 0.717) is 0 Å². The van der Waals surface area contributed by atoms with Gasteiger partial charge < -0.3 is 5.32 Å². The largest absolute Gasteiger partial charge is 0.310 e. The van der Waals surface area contributed by atoms with Crippen LogP contribution in [0.4, 0.5) is 4.39 Å². The second-order valence-corrected chi connectivity index (χ2v) is 6.92. The van der Waals surface area contributed by atoms with E-state index >= 15 is 0 Å². The Balaban J connectivity index is 2.32. The Bertz CT molecular complexity index is 608. The molecule has 0 aliphatic carbocycles. The van der Waals surface area contributed by atoms with Gasteiger partial charge in [-0.2, -0.15) is 0 Å². The summed E-state index contributed by atoms with van der Waals surface area (Å²) in [5.74, 6) is -0.208. The molecule has 0 saturated heterocycles. The number of nitrogens with one attached hydrogen (secondary N) is 1. The monoisotopic (exact) mass is 413 g/mol. The van der Waals surface area contributed by atoms with Crippen LogP contribution in [0.15, 0.2) is 45.3 Å². The van der Waals surface area contributed by atoms with E-state index in [1.165, 1.54) is 17.2 Å². The van der Waals surface area contributed by atoms with Crippen molar-refractivity contribution in [2.24, 2.45) is 0 Å². The first kappa shape index (κ1) is 16.7. The molecule has 2 aromatic carbocycles. The van der Waals surface area contributed by atoms with Crippen molar-refractivity contribution in [1.29, 1.82) is 0 Å². The van der Waals surface area contributed by atoms with Gasteiger partial charge in [-0.1, -0.05) is 44.8 Å². The van der Waals surface area contributed by atoms with Gasteiger partial charge >= 0.3 is 0 Å². The Morgan fingerprint density at radius 3 is 2.52 bits per heavy atom. The third kappa shape index (κ3) is 4.63. The molecule has 0 fully saturated rings. The molecular weight excluding hydrogens is 397 g/mol. The van der Waals surface area contributed by atoms with E-state index in [4.69, 9.17) is 0 Å². The third-order valence-electron chi connectivity index (χ3n) is 3.43. The van der Waals surface area contributed by atoms with Gasteiger partial charge in [-0.3, -0.25) is 0 Å². The van der Waals surface area contributed by atoms with Crippen molar-refractivity contribution in [3.8, 4) is 0 Å². The average molecular weight is 415 g/mol. The molecule has 0 amide bonds. The number of aryl methyl sites for hydroxylation is 1. The van der Waals surface area contributed by atoms with E-state index in [0.717, 1.165) is 27.5 Å². The minimum Gasteiger partial charge on any atom is -0.310 e. The minimum absolute atomic E-state index is 0.168. The molecule has 1 nitrogen and oxygen atoms in total. The SMILES string of the molecule is CCNC(Cc1cc(F)cc(Br)c1)c1cc(Br)ccc1C. The summed E-state index contributed by atoms with van der Waals surface area (Å²) in [5.41, 5.74) is 3.46. The summed E-state index contributed by atoms with van der Waals surface area (Å²) in [7, 11) is 0. The van der Waals surface area contributed by atoms with Crippen LogP contribution < -0.4 is 5.32 Å². The van der Waals surface area contributed by atoms with E-state index in [9.17, 15) is 4.39 Å². The molecule has 1 N–H and O–H groups in total. The molecule has 0 bridgehead atoms. The van der Waals surface area contributed by atoms with E-state index < -0.39 is 0 Å². The zero-order chi connectivity index (χ0) is 15.4. The van der Waals surface area contributed by atoms with Crippen LogP contribution in [-0.2, 0) is 6.42 Å². The highest BCUT2D eigenvalue weighted by atomic mass is 79.9. The first-order chi connectivity index (χ1) is 9.99. The van der Waals surface area contributed by atoms with Gasteiger partial charge in [-0.15, -0.1) is 0 Å². The quantitative estimate of drug-likeness (QED) is 0.675. The van der Waals surface area contributed by atoms with E-state index in [1.807, 2.05) is 12.1 Å². The van der Waals surface area contributed by atoms with E-state index in [-0.39, 0.29) is 11.9 Å². The molecule has 21 heavy (non-hydrogen) atoms. The standard InChI is InChI=1S/C17H18Br2FN/c1-3-21-17(16-10-13(18)5-4-11(16)2)8-12-6-14(19)9-15(20)7-12/h4-7,9-10,17,21H,3,8H2,1-2H3. The van der Waals surface area contributed by atoms with Crippen LogP contribution in [-0.4, -0.2) is 6.54 Å². The molecule has 0 saturated carbocycles. The van der Waals surface area contributed by atoms with Gasteiger partial charge in [0.2, 0.25) is 0 Å². The average Bonchev–Trinajstić information content (AvgIpc) is 2.40. The van der Waals surface area contributed by atoms with Gasteiger partial charge in [-0.25, -0.2) is 4.39 Å². The first-order valence-corrected chi connectivity index (χ1v) is 8.52. The Labute approximate surface area is 142 Å². The van der Waals surface area contributed by atoms with Crippen LogP contribution in [0.1, 0.15) is 29.7 Å². The van der Waals surface area contributed by atoms with Crippen molar-refractivity contribution in [1.82, 2.24) is 5.32 Å². The van der Waals surface area contributed by atoms with Gasteiger partial charge in [0.05, 0.1) is 0 Å². The predicted molar refractivity (Wildman–Crippen MR) is 93.1 cm³/mol. The van der Waals surface area contributed by atoms with Crippen molar-refractivity contribution in [2.45, 2.75) is 26.3 Å². The zero-order valence-electron chi connectivity index (χ0n) is 12.1. The van der Waals surface area contributed by atoms with Crippen LogP contribution in [0.3, 0.4) is 0 Å². The normalized spacial score (nSPS) is 12.4. The Morgan fingerprint density at radius 1 is 1.10 bits per heavy atom. The van der Waals surface area contributed by atoms with Crippen molar-refractivity contribution in [3.05, 3.63) is 67.9 Å². The van der Waals surface area contributed by atoms with Crippen molar-refractivity contribution >= 4 is 31.9 Å². The molecule has 0 aromatic heterocycles. The molecule has 0 aliphatic heterocycles. The molecule has 2 aromatic rings. The second kappa shape index (κ2) is 7.52. The highest BCUT2D eigenvalue weighted by Gasteiger charge is 2.15. The number of benzene rings is 2. The van der Waals surface area contributed by atoms with Crippen LogP contribution in [0.2, 0.25) is 0 Å². The Kier molecular flexibility index (Phi) is 5.97. The molecule has 0 heterocycles. The number of halogens is 3. The lowest BCUT2D eigenvalue weighted by atomic mass is 9.95. The molecule has 4 heteroatoms. The highest BCUT2D eigenvalue weighted by Crippen LogP contribution is 2.26. The minimum atomic E-state index is -0.208. The van der Waals surface area contributed by atoms with E-state index in [2.05, 4.69) is 63.2 Å². The number of hydrogen-bond donors (Lipinski definition) is 1. The number of hydrogen-bond acceptors (Lipinski definition) is 1. The lowest BCUT2D eigenvalue weighted by molar-refractivity contribution is 0.544. The Hall–Kier alpha value is -0.710. The molecule has 1 atom stereocenters. The van der Waals surface area contributed by atoms with Crippen molar-refractivity contribution in [3.63, 3.8) is 0 Å². The zero-order valence-corrected chi connectivity index (χ0v) is 15.3. The van der Waals surface area contributed by atoms with Crippen LogP contribution in [0.25, 0.3) is 0 Å². The molecule has 0 radical (unpaired) electrons. The second-order valence-electron chi connectivity index (χ2n) is 5.09. The van der Waals surface area contributed by atoms with Gasteiger partial charge in [0.15, 0.2) is 0 Å². The van der Waals surface area contributed by atoms with Gasteiger partial charge in [0.1, 0.15) is 5.82 Å². The van der Waals surface area contributed by atoms with Crippen LogP contribution >= 0.6 is 31.9 Å². The molecule has 2 rings (SSSR count). The van der Waals surface area contributed by atoms with Gasteiger partial charge in [0, 0.05) is 15.0 Å². The fourth-order valence-electron chi connectivity index (χ4n) is 2.49. The topological polar surface area (TPSA) is 12.0 Å². The fourth-order valence-corrected chi connectivity index (χ4v) is 3.38. The lowest BCUT2D eigenvalue weighted by Crippen LogP contribution is -2.23. The lowest BCUT2D eigenvalue weighted by Gasteiger charge is -2.21. The molecule has 0 aliphatic rings. The highest BCUT2D eigenvalue weighted by molar-refractivity contribution is 9.10. The number of rotatable bonds is 5. The predicted octanol–water partition coefficient (Wildman–Crippen LogP) is 5.55. The van der Waals surface area contributed by atoms with Gasteiger partial charge in [-0.05, 0) is 66.9 Å². The molecule has 1 unspecified atom stereocenters. The summed E-state index contributed by atoms with van der Waals surface area (Å²) >= 11 is 6.89. The summed E-state index contributed by atoms with van der Waals surface area (Å²) in [4.78, 5) is 0. The number of likely N-dealkylation sites (N-methyl/N-ethyl adjacent to an activating group) is 1. The maximum absolute atomic E-state index is 13.6. The first-order valence-electron chi connectivity index (χ1n) is 6.94. The molecule has 112 valence electrons. The molecular formula is C17H18Br2FN. The maximum atomic E-state index is 13.6. The fraction of sp³-hybridized carbons (Fsp3) is 0.294. The van der Waals surface area contributed by atoms with Crippen molar-refractivity contribution < 1.29 is 4.39 Å². The smallest absolute Gasteiger partial charge is 0.124 e. The van der Waals surface area contributed by atoms with Gasteiger partial charge in [0.25, 0.3) is 0 Å². The van der Waals surface area contributed by atoms with Crippen molar-refractivity contribution in [2.75, 3.05) is 6.54 Å². The summed E-state index contributed by atoms with van der Waals surface area (Å²) in [6.45, 7) is 5.06. The Morgan fingerprint density at radius 2 is 1.86 bits per heavy atom. The third-order valence-corrected chi connectivity index (χ3v) is 4.38. The van der Waals surface area contributed by atoms with Crippen LogP contribution in [0.5, 0.6) is 0 Å². The summed E-state index contributed by atoms with van der Waals surface area (Å²) in [6, 6.07) is 11.5. The maximum Gasteiger partial charge on any atom is 0.124 e. The summed E-state index contributed by atoms with van der Waals surface area (Å²) < 4.78 is 15.4.